The minimum Gasteiger partial charge on any atom is -1.00 e. The molecule has 24 heavy (non-hydrogen) atoms. The Bertz CT molecular complexity index is 603. The van der Waals surface area contributed by atoms with Crippen LogP contribution in [0.25, 0.3) is 0 Å². The molecule has 0 radical (unpaired) electrons. The SMILES string of the molecule is C[N+](C)(CC(=O)Nc1ccccc1)CC(=O)Nc1ccccc1.[Cl-]. The molecule has 0 aromatic heterocycles. The summed E-state index contributed by atoms with van der Waals surface area (Å²) in [5, 5.41) is 5.67. The van der Waals surface area contributed by atoms with Gasteiger partial charge in [-0.1, -0.05) is 36.4 Å². The molecule has 0 fully saturated rings. The van der Waals surface area contributed by atoms with Gasteiger partial charge in [0.05, 0.1) is 14.1 Å². The third-order valence-electron chi connectivity index (χ3n) is 3.26. The Hall–Kier alpha value is -2.37. The molecule has 2 aromatic rings. The molecule has 2 aromatic carbocycles. The summed E-state index contributed by atoms with van der Waals surface area (Å²) in [5.41, 5.74) is 1.51. The predicted octanol–water partition coefficient (Wildman–Crippen LogP) is -0.656. The summed E-state index contributed by atoms with van der Waals surface area (Å²) in [7, 11) is 3.71. The molecule has 0 unspecified atom stereocenters. The molecule has 0 saturated heterocycles. The Labute approximate surface area is 148 Å². The van der Waals surface area contributed by atoms with Crippen LogP contribution in [-0.2, 0) is 9.59 Å². The third kappa shape index (κ3) is 6.81. The number of halogens is 1. The molecule has 0 aliphatic rings. The molecule has 2 N–H and O–H groups in total. The normalized spacial score (nSPS) is 10.4. The Balaban J connectivity index is 0.00000288. The summed E-state index contributed by atoms with van der Waals surface area (Å²) in [6, 6.07) is 18.6. The van der Waals surface area contributed by atoms with Crippen molar-refractivity contribution in [1.82, 2.24) is 0 Å². The van der Waals surface area contributed by atoms with E-state index in [1.54, 1.807) is 0 Å². The predicted molar refractivity (Wildman–Crippen MR) is 92.0 cm³/mol. The molecule has 0 heterocycles. The average Bonchev–Trinajstić information content (AvgIpc) is 2.47. The summed E-state index contributed by atoms with van der Waals surface area (Å²) >= 11 is 0. The van der Waals surface area contributed by atoms with Gasteiger partial charge in [0.2, 0.25) is 0 Å². The van der Waals surface area contributed by atoms with Gasteiger partial charge in [0, 0.05) is 11.4 Å². The minimum atomic E-state index is -0.117. The molecule has 0 atom stereocenters. The van der Waals surface area contributed by atoms with Gasteiger partial charge in [-0.15, -0.1) is 0 Å². The van der Waals surface area contributed by atoms with Gasteiger partial charge in [-0.3, -0.25) is 9.59 Å². The highest BCUT2D eigenvalue weighted by molar-refractivity contribution is 5.93. The van der Waals surface area contributed by atoms with Gasteiger partial charge >= 0.3 is 0 Å². The summed E-state index contributed by atoms with van der Waals surface area (Å²) in [6.07, 6.45) is 0. The number of quaternary nitrogens is 1. The Morgan fingerprint density at radius 2 is 1.08 bits per heavy atom. The fourth-order valence-corrected chi connectivity index (χ4v) is 2.28. The number of benzene rings is 2. The number of amides is 2. The second-order valence-corrected chi connectivity index (χ2v) is 6.08. The van der Waals surface area contributed by atoms with E-state index in [2.05, 4.69) is 10.6 Å². The van der Waals surface area contributed by atoms with Crippen LogP contribution in [0.3, 0.4) is 0 Å². The van der Waals surface area contributed by atoms with E-state index in [1.807, 2.05) is 74.8 Å². The van der Waals surface area contributed by atoms with Crippen LogP contribution in [0.4, 0.5) is 11.4 Å². The number of carbonyl (C=O) groups is 2. The molecule has 128 valence electrons. The lowest BCUT2D eigenvalue weighted by molar-refractivity contribution is -0.874. The molecular weight excluding hydrogens is 326 g/mol. The van der Waals surface area contributed by atoms with E-state index in [-0.39, 0.29) is 41.8 Å². The van der Waals surface area contributed by atoms with Crippen molar-refractivity contribution in [2.75, 3.05) is 37.8 Å². The number of hydrogen-bond donors (Lipinski definition) is 2. The average molecular weight is 348 g/mol. The number of nitrogens with zero attached hydrogens (tertiary/aromatic N) is 1. The van der Waals surface area contributed by atoms with E-state index in [0.717, 1.165) is 11.4 Å². The first-order valence-electron chi connectivity index (χ1n) is 7.46. The largest absolute Gasteiger partial charge is 1.00 e. The maximum Gasteiger partial charge on any atom is 0.279 e. The fraction of sp³-hybridized carbons (Fsp3) is 0.222. The van der Waals surface area contributed by atoms with Crippen LogP contribution in [0.2, 0.25) is 0 Å². The number of likely N-dealkylation sites (N-methyl/N-ethyl adjacent to an activating group) is 1. The van der Waals surface area contributed by atoms with E-state index in [1.165, 1.54) is 0 Å². The number of para-hydroxylation sites is 2. The van der Waals surface area contributed by atoms with Crippen molar-refractivity contribution < 1.29 is 26.5 Å². The summed E-state index contributed by atoms with van der Waals surface area (Å²) in [6.45, 7) is 0.439. The number of rotatable bonds is 6. The fourth-order valence-electron chi connectivity index (χ4n) is 2.28. The second-order valence-electron chi connectivity index (χ2n) is 6.08. The van der Waals surface area contributed by atoms with Crippen molar-refractivity contribution in [2.24, 2.45) is 0 Å². The number of anilines is 2. The van der Waals surface area contributed by atoms with Crippen molar-refractivity contribution in [2.45, 2.75) is 0 Å². The van der Waals surface area contributed by atoms with E-state index in [9.17, 15) is 9.59 Å². The van der Waals surface area contributed by atoms with E-state index >= 15 is 0 Å². The smallest absolute Gasteiger partial charge is 0.279 e. The monoisotopic (exact) mass is 347 g/mol. The molecule has 2 rings (SSSR count). The topological polar surface area (TPSA) is 58.2 Å². The van der Waals surface area contributed by atoms with Crippen molar-refractivity contribution in [3.63, 3.8) is 0 Å². The molecule has 6 heteroatoms. The standard InChI is InChI=1S/C18H21N3O2.ClH/c1-21(2,13-17(22)19-15-9-5-3-6-10-15)14-18(23)20-16-11-7-4-8-12-16;/h3-12H,13-14H2,1-2H3,(H-,19,20,22,23);1H. The van der Waals surface area contributed by atoms with Crippen LogP contribution < -0.4 is 23.0 Å². The lowest BCUT2D eigenvalue weighted by Gasteiger charge is -2.28. The first-order valence-corrected chi connectivity index (χ1v) is 7.46. The highest BCUT2D eigenvalue weighted by Gasteiger charge is 2.24. The zero-order chi connectivity index (χ0) is 16.7. The van der Waals surface area contributed by atoms with E-state index in [4.69, 9.17) is 0 Å². The molecular formula is C18H22ClN3O2. The minimum absolute atomic E-state index is 0. The highest BCUT2D eigenvalue weighted by Crippen LogP contribution is 2.08. The summed E-state index contributed by atoms with van der Waals surface area (Å²) in [4.78, 5) is 24.2. The van der Waals surface area contributed by atoms with Crippen molar-refractivity contribution in [1.29, 1.82) is 0 Å². The molecule has 0 bridgehead atoms. The molecule has 0 saturated carbocycles. The molecule has 0 aliphatic carbocycles. The summed E-state index contributed by atoms with van der Waals surface area (Å²) in [5.74, 6) is -0.234. The van der Waals surface area contributed by atoms with E-state index < -0.39 is 0 Å². The molecule has 2 amide bonds. The quantitative estimate of drug-likeness (QED) is 0.682. The van der Waals surface area contributed by atoms with Crippen molar-refractivity contribution in [3.05, 3.63) is 60.7 Å². The maximum absolute atomic E-state index is 12.1. The second kappa shape index (κ2) is 9.05. The zero-order valence-corrected chi connectivity index (χ0v) is 14.6. The maximum atomic E-state index is 12.1. The molecule has 0 spiro atoms. The lowest BCUT2D eigenvalue weighted by atomic mass is 10.3. The van der Waals surface area contributed by atoms with Gasteiger partial charge in [-0.2, -0.15) is 0 Å². The Kier molecular flexibility index (Phi) is 7.42. The Morgan fingerprint density at radius 1 is 0.750 bits per heavy atom. The van der Waals surface area contributed by atoms with Crippen LogP contribution in [0.1, 0.15) is 0 Å². The highest BCUT2D eigenvalue weighted by atomic mass is 35.5. The van der Waals surface area contributed by atoms with Crippen LogP contribution in [0.15, 0.2) is 60.7 Å². The number of carbonyl (C=O) groups excluding carboxylic acids is 2. The Morgan fingerprint density at radius 3 is 1.42 bits per heavy atom. The molecule has 0 aliphatic heterocycles. The zero-order valence-electron chi connectivity index (χ0n) is 13.8. The third-order valence-corrected chi connectivity index (χ3v) is 3.26. The van der Waals surface area contributed by atoms with Crippen LogP contribution in [-0.4, -0.2) is 43.5 Å². The molecule has 5 nitrogen and oxygen atoms in total. The first-order chi connectivity index (χ1) is 10.9. The van der Waals surface area contributed by atoms with Gasteiger partial charge in [-0.25, -0.2) is 0 Å². The van der Waals surface area contributed by atoms with Gasteiger partial charge < -0.3 is 27.5 Å². The van der Waals surface area contributed by atoms with Gasteiger partial charge in [0.25, 0.3) is 11.8 Å². The van der Waals surface area contributed by atoms with E-state index in [0.29, 0.717) is 0 Å². The van der Waals surface area contributed by atoms with Crippen LogP contribution in [0, 0.1) is 0 Å². The van der Waals surface area contributed by atoms with Crippen LogP contribution in [0.5, 0.6) is 0 Å². The van der Waals surface area contributed by atoms with Gasteiger partial charge in [0.1, 0.15) is 0 Å². The van der Waals surface area contributed by atoms with Crippen molar-refractivity contribution >= 4 is 23.2 Å². The number of nitrogens with one attached hydrogen (secondary N) is 2. The summed E-state index contributed by atoms with van der Waals surface area (Å²) < 4.78 is 0.275. The number of hydrogen-bond acceptors (Lipinski definition) is 2. The van der Waals surface area contributed by atoms with Crippen LogP contribution >= 0.6 is 0 Å². The van der Waals surface area contributed by atoms with Gasteiger partial charge in [0.15, 0.2) is 13.1 Å². The van der Waals surface area contributed by atoms with Crippen molar-refractivity contribution in [3.8, 4) is 0 Å². The first kappa shape index (κ1) is 19.7. The van der Waals surface area contributed by atoms with Gasteiger partial charge in [-0.05, 0) is 24.3 Å². The lowest BCUT2D eigenvalue weighted by Crippen LogP contribution is -3.00.